The number of rotatable bonds is 5. The van der Waals surface area contributed by atoms with Gasteiger partial charge in [0, 0.05) is 35.9 Å². The highest BCUT2D eigenvalue weighted by atomic mass is 32.1. The van der Waals surface area contributed by atoms with Gasteiger partial charge in [-0.25, -0.2) is 4.98 Å². The van der Waals surface area contributed by atoms with Crippen molar-refractivity contribution in [1.82, 2.24) is 10.3 Å². The van der Waals surface area contributed by atoms with Crippen LogP contribution in [0.5, 0.6) is 11.5 Å². The summed E-state index contributed by atoms with van der Waals surface area (Å²) in [5.41, 5.74) is 3.79. The maximum atomic E-state index is 12.6. The normalized spacial score (nSPS) is 20.3. The number of benzene rings is 2. The van der Waals surface area contributed by atoms with Crippen molar-refractivity contribution in [3.63, 3.8) is 0 Å². The Morgan fingerprint density at radius 3 is 2.94 bits per heavy atom. The van der Waals surface area contributed by atoms with Crippen LogP contribution in [0.4, 0.5) is 16.5 Å². The first-order chi connectivity index (χ1) is 16.9. The van der Waals surface area contributed by atoms with Crippen LogP contribution in [-0.2, 0) is 17.6 Å². The third-order valence-corrected chi connectivity index (χ3v) is 7.62. The number of ether oxygens (including phenoxy) is 3. The first-order valence-electron chi connectivity index (χ1n) is 11.9. The number of hydrogen-bond donors (Lipinski definition) is 2. The molecule has 182 valence electrons. The molecule has 4 heterocycles. The van der Waals surface area contributed by atoms with Gasteiger partial charge >= 0.3 is 0 Å². The molecule has 0 saturated carbocycles. The molecule has 2 aromatic carbocycles. The molecular formula is C26H28N4O4S. The molecule has 0 radical (unpaired) electrons. The van der Waals surface area contributed by atoms with E-state index in [2.05, 4.69) is 39.8 Å². The average Bonchev–Trinajstić information content (AvgIpc) is 3.46. The molecule has 0 aliphatic carbocycles. The zero-order valence-electron chi connectivity index (χ0n) is 19.8. The Balaban J connectivity index is 1.20. The maximum absolute atomic E-state index is 12.6. The molecule has 35 heavy (non-hydrogen) atoms. The van der Waals surface area contributed by atoms with Crippen LogP contribution < -0.4 is 25.0 Å². The Kier molecular flexibility index (Phi) is 5.53. The zero-order chi connectivity index (χ0) is 24.0. The molecule has 2 N–H and O–H groups in total. The van der Waals surface area contributed by atoms with Gasteiger partial charge in [0.1, 0.15) is 4.88 Å². The molecule has 1 amide bonds. The summed E-state index contributed by atoms with van der Waals surface area (Å²) < 4.78 is 16.7. The van der Waals surface area contributed by atoms with Crippen molar-refractivity contribution in [2.75, 3.05) is 36.8 Å². The van der Waals surface area contributed by atoms with Crippen LogP contribution in [0.15, 0.2) is 42.5 Å². The molecule has 0 spiro atoms. The lowest BCUT2D eigenvalue weighted by molar-refractivity contribution is 0.0900. The topological polar surface area (TPSA) is 85.0 Å². The highest BCUT2D eigenvalue weighted by Crippen LogP contribution is 2.36. The van der Waals surface area contributed by atoms with Crippen molar-refractivity contribution in [1.29, 1.82) is 0 Å². The first kappa shape index (κ1) is 22.2. The number of carbonyl (C=O) groups excluding carboxylic acids is 1. The molecule has 9 heteroatoms. The van der Waals surface area contributed by atoms with E-state index in [1.165, 1.54) is 16.9 Å². The van der Waals surface area contributed by atoms with E-state index < -0.39 is 0 Å². The van der Waals surface area contributed by atoms with E-state index in [-0.39, 0.29) is 24.3 Å². The standard InChI is InChI=1S/C26H28N4O4S/c1-26(2)13-20-23(24(31)29-26)35-25(28-20)30-8-9-32-14-19(30)11-16-4-3-5-17(10-16)27-18-6-7-21-22(12-18)34-15-33-21/h3-7,10,12,19,27H,8-9,11,13-15H2,1-2H3,(H,29,31). The summed E-state index contributed by atoms with van der Waals surface area (Å²) in [6.45, 7) is 6.38. The predicted molar refractivity (Wildman–Crippen MR) is 135 cm³/mol. The van der Waals surface area contributed by atoms with Crippen LogP contribution in [0, 0.1) is 0 Å². The summed E-state index contributed by atoms with van der Waals surface area (Å²) >= 11 is 1.49. The molecule has 3 aromatic rings. The summed E-state index contributed by atoms with van der Waals surface area (Å²) in [7, 11) is 0. The molecular weight excluding hydrogens is 464 g/mol. The summed E-state index contributed by atoms with van der Waals surface area (Å²) in [4.78, 5) is 20.6. The van der Waals surface area contributed by atoms with Crippen LogP contribution in [0.3, 0.4) is 0 Å². The van der Waals surface area contributed by atoms with Gasteiger partial charge in [-0.2, -0.15) is 0 Å². The molecule has 1 aromatic heterocycles. The number of carbonyl (C=O) groups is 1. The van der Waals surface area contributed by atoms with Gasteiger partial charge in [-0.1, -0.05) is 23.5 Å². The van der Waals surface area contributed by atoms with Gasteiger partial charge < -0.3 is 29.7 Å². The Labute approximate surface area is 208 Å². The van der Waals surface area contributed by atoms with Crippen molar-refractivity contribution < 1.29 is 19.0 Å². The third-order valence-electron chi connectivity index (χ3n) is 6.49. The second-order valence-electron chi connectivity index (χ2n) is 9.81. The van der Waals surface area contributed by atoms with Gasteiger partial charge in [0.15, 0.2) is 16.6 Å². The van der Waals surface area contributed by atoms with Crippen LogP contribution in [0.2, 0.25) is 0 Å². The fourth-order valence-corrected chi connectivity index (χ4v) is 5.93. The van der Waals surface area contributed by atoms with E-state index in [4.69, 9.17) is 19.2 Å². The van der Waals surface area contributed by atoms with E-state index in [1.807, 2.05) is 32.0 Å². The fraction of sp³-hybridized carbons (Fsp3) is 0.385. The smallest absolute Gasteiger partial charge is 0.263 e. The van der Waals surface area contributed by atoms with Crippen LogP contribution in [-0.4, -0.2) is 49.0 Å². The Hall–Kier alpha value is -3.30. The lowest BCUT2D eigenvalue weighted by atomic mass is 9.94. The second kappa shape index (κ2) is 8.73. The minimum Gasteiger partial charge on any atom is -0.454 e. The summed E-state index contributed by atoms with van der Waals surface area (Å²) in [6, 6.07) is 14.4. The Bertz CT molecular complexity index is 1270. The summed E-state index contributed by atoms with van der Waals surface area (Å²) in [6.07, 6.45) is 1.56. The monoisotopic (exact) mass is 492 g/mol. The predicted octanol–water partition coefficient (Wildman–Crippen LogP) is 4.13. The largest absolute Gasteiger partial charge is 0.454 e. The summed E-state index contributed by atoms with van der Waals surface area (Å²) in [5, 5.41) is 7.46. The molecule has 0 bridgehead atoms. The highest BCUT2D eigenvalue weighted by Gasteiger charge is 2.35. The lowest BCUT2D eigenvalue weighted by Crippen LogP contribution is -2.48. The van der Waals surface area contributed by atoms with Gasteiger partial charge in [-0.3, -0.25) is 4.79 Å². The number of amides is 1. The lowest BCUT2D eigenvalue weighted by Gasteiger charge is -2.35. The molecule has 1 unspecified atom stereocenters. The number of hydrogen-bond acceptors (Lipinski definition) is 8. The minimum absolute atomic E-state index is 0.0212. The highest BCUT2D eigenvalue weighted by molar-refractivity contribution is 7.17. The van der Waals surface area contributed by atoms with Gasteiger partial charge in [-0.15, -0.1) is 0 Å². The Morgan fingerprint density at radius 1 is 1.17 bits per heavy atom. The third kappa shape index (κ3) is 4.53. The molecule has 6 rings (SSSR count). The Morgan fingerprint density at radius 2 is 2.03 bits per heavy atom. The number of nitrogens with zero attached hydrogens (tertiary/aromatic N) is 2. The van der Waals surface area contributed by atoms with Crippen molar-refractivity contribution in [3.8, 4) is 11.5 Å². The van der Waals surface area contributed by atoms with Crippen molar-refractivity contribution in [2.24, 2.45) is 0 Å². The van der Waals surface area contributed by atoms with Gasteiger partial charge in [0.2, 0.25) is 6.79 Å². The van der Waals surface area contributed by atoms with E-state index >= 15 is 0 Å². The van der Waals surface area contributed by atoms with Gasteiger partial charge in [-0.05, 0) is 50.1 Å². The van der Waals surface area contributed by atoms with Crippen LogP contribution in [0.1, 0.15) is 34.8 Å². The van der Waals surface area contributed by atoms with Crippen LogP contribution >= 0.6 is 11.3 Å². The molecule has 3 aliphatic heterocycles. The zero-order valence-corrected chi connectivity index (χ0v) is 20.6. The quantitative estimate of drug-likeness (QED) is 0.554. The van der Waals surface area contributed by atoms with E-state index in [0.29, 0.717) is 13.2 Å². The molecule has 1 fully saturated rings. The van der Waals surface area contributed by atoms with Crippen molar-refractivity contribution in [3.05, 3.63) is 58.6 Å². The number of nitrogens with one attached hydrogen (secondary N) is 2. The van der Waals surface area contributed by atoms with Gasteiger partial charge in [0.25, 0.3) is 5.91 Å². The maximum Gasteiger partial charge on any atom is 0.263 e. The number of fused-ring (bicyclic) bond motifs is 2. The molecule has 1 atom stereocenters. The first-order valence-corrected chi connectivity index (χ1v) is 12.7. The van der Waals surface area contributed by atoms with Crippen molar-refractivity contribution in [2.45, 2.75) is 38.3 Å². The molecule has 1 saturated heterocycles. The van der Waals surface area contributed by atoms with E-state index in [0.717, 1.165) is 58.0 Å². The van der Waals surface area contributed by atoms with Crippen molar-refractivity contribution >= 4 is 33.8 Å². The number of aromatic nitrogens is 1. The molecule has 8 nitrogen and oxygen atoms in total. The van der Waals surface area contributed by atoms with E-state index in [9.17, 15) is 4.79 Å². The number of thiazole rings is 1. The molecule has 3 aliphatic rings. The fourth-order valence-electron chi connectivity index (χ4n) is 4.85. The number of morpholine rings is 1. The minimum atomic E-state index is -0.273. The number of anilines is 3. The average molecular weight is 493 g/mol. The second-order valence-corrected chi connectivity index (χ2v) is 10.8. The SMILES string of the molecule is CC1(C)Cc2nc(N3CCOCC3Cc3cccc(Nc4ccc5c(c4)OCO5)c3)sc2C(=O)N1. The van der Waals surface area contributed by atoms with Crippen LogP contribution in [0.25, 0.3) is 0 Å². The summed E-state index contributed by atoms with van der Waals surface area (Å²) in [5.74, 6) is 1.50. The van der Waals surface area contributed by atoms with Gasteiger partial charge in [0.05, 0.1) is 24.9 Å². The van der Waals surface area contributed by atoms with E-state index in [1.54, 1.807) is 0 Å².